The van der Waals surface area contributed by atoms with Gasteiger partial charge in [-0.2, -0.15) is 0 Å². The third-order valence-electron chi connectivity index (χ3n) is 6.44. The second-order valence-electron chi connectivity index (χ2n) is 7.20. The normalized spacial score (nSPS) is 59.0. The smallest absolute Gasteiger partial charge is 0.309 e. The molecule has 0 aromatic carbocycles. The summed E-state index contributed by atoms with van der Waals surface area (Å²) in [4.78, 5) is 24.1. The van der Waals surface area contributed by atoms with Gasteiger partial charge < -0.3 is 9.47 Å². The molecule has 6 atom stereocenters. The maximum atomic E-state index is 12.2. The molecular weight excluding hydrogens is 244 g/mol. The van der Waals surface area contributed by atoms with Crippen molar-refractivity contribution >= 4 is 11.8 Å². The Morgan fingerprint density at radius 3 is 2.68 bits per heavy atom. The van der Waals surface area contributed by atoms with Gasteiger partial charge in [0.15, 0.2) is 11.4 Å². The molecule has 1 spiro atoms. The zero-order chi connectivity index (χ0) is 13.6. The number of rotatable bonds is 0. The van der Waals surface area contributed by atoms with Gasteiger partial charge in [0.2, 0.25) is 0 Å². The highest BCUT2D eigenvalue weighted by atomic mass is 16.7. The van der Waals surface area contributed by atoms with Gasteiger partial charge in [0, 0.05) is 17.8 Å². The van der Waals surface area contributed by atoms with E-state index in [1.54, 1.807) is 0 Å². The van der Waals surface area contributed by atoms with E-state index in [2.05, 4.69) is 6.92 Å². The first-order chi connectivity index (χ1) is 8.86. The molecule has 6 unspecified atom stereocenters. The lowest BCUT2D eigenvalue weighted by atomic mass is 9.53. The van der Waals surface area contributed by atoms with Crippen molar-refractivity contribution in [2.24, 2.45) is 17.3 Å². The van der Waals surface area contributed by atoms with Crippen molar-refractivity contribution < 1.29 is 19.1 Å². The van der Waals surface area contributed by atoms with Crippen LogP contribution in [0.1, 0.15) is 46.5 Å². The molecule has 0 bridgehead atoms. The van der Waals surface area contributed by atoms with Crippen LogP contribution in [0.25, 0.3) is 0 Å². The first-order valence-corrected chi connectivity index (χ1v) is 7.30. The van der Waals surface area contributed by atoms with Crippen molar-refractivity contribution in [3.05, 3.63) is 0 Å². The summed E-state index contributed by atoms with van der Waals surface area (Å²) in [5.41, 5.74) is -1.28. The van der Waals surface area contributed by atoms with Gasteiger partial charge in [0.1, 0.15) is 11.7 Å². The Kier molecular flexibility index (Phi) is 1.91. The first-order valence-electron chi connectivity index (χ1n) is 7.30. The summed E-state index contributed by atoms with van der Waals surface area (Å²) in [7, 11) is 0. The summed E-state index contributed by atoms with van der Waals surface area (Å²) in [6.07, 6.45) is 3.26. The molecule has 0 N–H and O–H groups in total. The van der Waals surface area contributed by atoms with E-state index < -0.39 is 11.2 Å². The second kappa shape index (κ2) is 3.05. The third-order valence-corrected chi connectivity index (χ3v) is 6.44. The number of hydrogen-bond donors (Lipinski definition) is 0. The van der Waals surface area contributed by atoms with Crippen LogP contribution >= 0.6 is 0 Å². The molecule has 0 radical (unpaired) electrons. The van der Waals surface area contributed by atoms with Crippen molar-refractivity contribution in [1.29, 1.82) is 0 Å². The fourth-order valence-corrected chi connectivity index (χ4v) is 5.08. The molecule has 4 fully saturated rings. The summed E-state index contributed by atoms with van der Waals surface area (Å²) < 4.78 is 11.7. The van der Waals surface area contributed by atoms with E-state index in [0.717, 1.165) is 19.3 Å². The maximum Gasteiger partial charge on any atom is 0.309 e. The average Bonchev–Trinajstić information content (AvgIpc) is 2.92. The van der Waals surface area contributed by atoms with Crippen LogP contribution in [0.15, 0.2) is 0 Å². The molecular formula is C15H20O4. The molecule has 0 aromatic rings. The Morgan fingerprint density at radius 2 is 1.95 bits per heavy atom. The van der Waals surface area contributed by atoms with Crippen LogP contribution in [0.3, 0.4) is 0 Å². The number of carbonyl (C=O) groups excluding carboxylic acids is 2. The molecule has 2 aliphatic heterocycles. The van der Waals surface area contributed by atoms with Crippen LogP contribution in [-0.4, -0.2) is 29.1 Å². The van der Waals surface area contributed by atoms with Gasteiger partial charge in [0.05, 0.1) is 5.92 Å². The van der Waals surface area contributed by atoms with Crippen LogP contribution in [0.2, 0.25) is 0 Å². The standard InChI is InChI=1S/C15H20O4/c1-8-9-4-6-13(2)7-5-10(16)14(3)15(13,19-14)11(9)18-12(8)17/h8-9,11H,4-7H2,1-3H3. The predicted molar refractivity (Wildman–Crippen MR) is 66.3 cm³/mol. The number of fused-ring (bicyclic) bond motifs is 1. The SMILES string of the molecule is CC1C(=O)OC2C1CCC1(C)CCC(=O)C3(C)OC213. The number of Topliss-reactive ketones (excluding diaryl/α,β-unsaturated/α-hetero) is 1. The van der Waals surface area contributed by atoms with Crippen molar-refractivity contribution in [2.75, 3.05) is 0 Å². The number of esters is 1. The minimum atomic E-state index is -0.715. The van der Waals surface area contributed by atoms with Crippen LogP contribution in [0.4, 0.5) is 0 Å². The fourth-order valence-electron chi connectivity index (χ4n) is 5.08. The lowest BCUT2D eigenvalue weighted by Gasteiger charge is -2.48. The Bertz CT molecular complexity index is 500. The summed E-state index contributed by atoms with van der Waals surface area (Å²) in [6, 6.07) is 0. The van der Waals surface area contributed by atoms with Crippen molar-refractivity contribution in [3.8, 4) is 0 Å². The zero-order valence-electron chi connectivity index (χ0n) is 11.7. The van der Waals surface area contributed by atoms with E-state index >= 15 is 0 Å². The highest BCUT2D eigenvalue weighted by Crippen LogP contribution is 2.72. The molecule has 4 rings (SSSR count). The summed E-state index contributed by atoms with van der Waals surface area (Å²) >= 11 is 0. The quantitative estimate of drug-likeness (QED) is 0.495. The lowest BCUT2D eigenvalue weighted by Crippen LogP contribution is -2.59. The molecule has 2 saturated heterocycles. The van der Waals surface area contributed by atoms with Gasteiger partial charge in [0.25, 0.3) is 0 Å². The monoisotopic (exact) mass is 264 g/mol. The minimum Gasteiger partial charge on any atom is -0.459 e. The van der Waals surface area contributed by atoms with Crippen LogP contribution < -0.4 is 0 Å². The Labute approximate surface area is 112 Å². The van der Waals surface area contributed by atoms with Gasteiger partial charge in [-0.15, -0.1) is 0 Å². The highest BCUT2D eigenvalue weighted by molar-refractivity contribution is 5.93. The number of epoxide rings is 1. The fraction of sp³-hybridized carbons (Fsp3) is 0.867. The van der Waals surface area contributed by atoms with Crippen molar-refractivity contribution in [3.63, 3.8) is 0 Å². The van der Waals surface area contributed by atoms with Crippen LogP contribution in [0, 0.1) is 17.3 Å². The van der Waals surface area contributed by atoms with E-state index in [-0.39, 0.29) is 35.1 Å². The number of hydrogen-bond acceptors (Lipinski definition) is 4. The lowest BCUT2D eigenvalue weighted by molar-refractivity contribution is -0.152. The van der Waals surface area contributed by atoms with Gasteiger partial charge in [-0.3, -0.25) is 9.59 Å². The summed E-state index contributed by atoms with van der Waals surface area (Å²) in [5, 5.41) is 0. The Hall–Kier alpha value is -0.900. The first kappa shape index (κ1) is 11.9. The van der Waals surface area contributed by atoms with E-state index in [9.17, 15) is 9.59 Å². The van der Waals surface area contributed by atoms with E-state index in [1.165, 1.54) is 0 Å². The summed E-state index contributed by atoms with van der Waals surface area (Å²) in [5.74, 6) is 0.216. The molecule has 4 aliphatic rings. The van der Waals surface area contributed by atoms with Crippen molar-refractivity contribution in [1.82, 2.24) is 0 Å². The Morgan fingerprint density at radius 1 is 1.21 bits per heavy atom. The van der Waals surface area contributed by atoms with E-state index in [0.29, 0.717) is 6.42 Å². The molecule has 0 aromatic heterocycles. The summed E-state index contributed by atoms with van der Waals surface area (Å²) in [6.45, 7) is 6.04. The zero-order valence-corrected chi connectivity index (χ0v) is 11.7. The van der Waals surface area contributed by atoms with Crippen LogP contribution in [0.5, 0.6) is 0 Å². The Balaban J connectivity index is 1.82. The molecule has 2 saturated carbocycles. The predicted octanol–water partition coefficient (Wildman–Crippen LogP) is 1.85. The van der Waals surface area contributed by atoms with Crippen molar-refractivity contribution in [2.45, 2.75) is 63.8 Å². The van der Waals surface area contributed by atoms with Gasteiger partial charge in [-0.05, 0) is 26.2 Å². The molecule has 104 valence electrons. The van der Waals surface area contributed by atoms with E-state index in [4.69, 9.17) is 9.47 Å². The van der Waals surface area contributed by atoms with Gasteiger partial charge in [-0.1, -0.05) is 13.8 Å². The maximum absolute atomic E-state index is 12.2. The topological polar surface area (TPSA) is 55.9 Å². The van der Waals surface area contributed by atoms with Gasteiger partial charge >= 0.3 is 5.97 Å². The average molecular weight is 264 g/mol. The molecule has 2 heterocycles. The number of ether oxygens (including phenoxy) is 2. The minimum absolute atomic E-state index is 0.0266. The number of carbonyl (C=O) groups is 2. The molecule has 4 heteroatoms. The molecule has 19 heavy (non-hydrogen) atoms. The third kappa shape index (κ3) is 1.04. The van der Waals surface area contributed by atoms with Crippen LogP contribution in [-0.2, 0) is 19.1 Å². The molecule has 0 amide bonds. The number of ketones is 1. The molecule has 4 nitrogen and oxygen atoms in total. The molecule has 2 aliphatic carbocycles. The highest BCUT2D eigenvalue weighted by Gasteiger charge is 2.86. The van der Waals surface area contributed by atoms with E-state index in [1.807, 2.05) is 13.8 Å². The second-order valence-corrected chi connectivity index (χ2v) is 7.20. The largest absolute Gasteiger partial charge is 0.459 e. The van der Waals surface area contributed by atoms with Gasteiger partial charge in [-0.25, -0.2) is 0 Å².